The second-order valence-electron chi connectivity index (χ2n) is 3.22. The van der Waals surface area contributed by atoms with Crippen LogP contribution < -0.4 is 5.73 Å². The third kappa shape index (κ3) is 4.17. The molecule has 0 aromatic rings. The van der Waals surface area contributed by atoms with E-state index in [0.29, 0.717) is 11.6 Å². The van der Waals surface area contributed by atoms with Gasteiger partial charge in [-0.15, -0.1) is 12.4 Å². The SMILES string of the molecule is Cl.N=C(CS)N1CCC[C@H]1COC(N)=O. The van der Waals surface area contributed by atoms with Crippen molar-refractivity contribution in [1.29, 1.82) is 5.41 Å². The number of amidine groups is 1. The van der Waals surface area contributed by atoms with Gasteiger partial charge in [0.15, 0.2) is 0 Å². The van der Waals surface area contributed by atoms with E-state index < -0.39 is 6.09 Å². The Morgan fingerprint density at radius 1 is 1.67 bits per heavy atom. The summed E-state index contributed by atoms with van der Waals surface area (Å²) in [5, 5.41) is 7.63. The van der Waals surface area contributed by atoms with E-state index in [1.165, 1.54) is 0 Å². The summed E-state index contributed by atoms with van der Waals surface area (Å²) in [5.74, 6) is 0.886. The van der Waals surface area contributed by atoms with Gasteiger partial charge < -0.3 is 15.4 Å². The first-order chi connectivity index (χ1) is 6.65. The molecule has 1 fully saturated rings. The minimum Gasteiger partial charge on any atom is -0.448 e. The summed E-state index contributed by atoms with van der Waals surface area (Å²) in [6.45, 7) is 1.11. The van der Waals surface area contributed by atoms with Gasteiger partial charge in [-0.05, 0) is 12.8 Å². The van der Waals surface area contributed by atoms with Gasteiger partial charge in [0.1, 0.15) is 12.4 Å². The summed E-state index contributed by atoms with van der Waals surface area (Å²) >= 11 is 4.04. The number of amides is 1. The lowest BCUT2D eigenvalue weighted by atomic mass is 10.2. The minimum absolute atomic E-state index is 0. The normalized spacial score (nSPS) is 19.5. The highest BCUT2D eigenvalue weighted by Crippen LogP contribution is 2.17. The van der Waals surface area contributed by atoms with Crippen LogP contribution in [-0.2, 0) is 4.74 Å². The lowest BCUT2D eigenvalue weighted by Gasteiger charge is -2.25. The molecule has 0 aromatic carbocycles. The Labute approximate surface area is 101 Å². The predicted molar refractivity (Wildman–Crippen MR) is 64.1 cm³/mol. The first kappa shape index (κ1) is 14.4. The molecule has 1 amide bonds. The number of thiol groups is 1. The number of carbonyl (C=O) groups is 1. The molecule has 0 aromatic heterocycles. The number of hydrogen-bond acceptors (Lipinski definition) is 4. The molecular formula is C8H16ClN3O2S. The van der Waals surface area contributed by atoms with Crippen molar-refractivity contribution < 1.29 is 9.53 Å². The van der Waals surface area contributed by atoms with Crippen LogP contribution in [0.4, 0.5) is 4.79 Å². The molecule has 0 unspecified atom stereocenters. The summed E-state index contributed by atoms with van der Waals surface area (Å²) in [6, 6.07) is 0.0992. The molecule has 1 aliphatic heterocycles. The van der Waals surface area contributed by atoms with Gasteiger partial charge in [0.2, 0.25) is 0 Å². The fourth-order valence-corrected chi connectivity index (χ4v) is 1.82. The molecule has 0 radical (unpaired) electrons. The van der Waals surface area contributed by atoms with Gasteiger partial charge in [0.25, 0.3) is 0 Å². The monoisotopic (exact) mass is 253 g/mol. The van der Waals surface area contributed by atoms with Crippen molar-refractivity contribution >= 4 is 37.0 Å². The largest absolute Gasteiger partial charge is 0.448 e. The second kappa shape index (κ2) is 6.79. The fraction of sp³-hybridized carbons (Fsp3) is 0.750. The van der Waals surface area contributed by atoms with Crippen LogP contribution in [-0.4, -0.2) is 41.8 Å². The van der Waals surface area contributed by atoms with E-state index in [9.17, 15) is 4.79 Å². The van der Waals surface area contributed by atoms with Crippen molar-refractivity contribution in [2.45, 2.75) is 18.9 Å². The lowest BCUT2D eigenvalue weighted by molar-refractivity contribution is 0.132. The van der Waals surface area contributed by atoms with Gasteiger partial charge in [0, 0.05) is 12.3 Å². The van der Waals surface area contributed by atoms with Crippen LogP contribution in [0.25, 0.3) is 0 Å². The van der Waals surface area contributed by atoms with Crippen molar-refractivity contribution in [3.8, 4) is 0 Å². The van der Waals surface area contributed by atoms with Crippen molar-refractivity contribution in [3.05, 3.63) is 0 Å². The maximum Gasteiger partial charge on any atom is 0.404 e. The zero-order valence-corrected chi connectivity index (χ0v) is 10.0. The third-order valence-corrected chi connectivity index (χ3v) is 2.59. The highest BCUT2D eigenvalue weighted by molar-refractivity contribution is 7.81. The van der Waals surface area contributed by atoms with E-state index in [1.54, 1.807) is 0 Å². The van der Waals surface area contributed by atoms with Crippen LogP contribution in [0.5, 0.6) is 0 Å². The van der Waals surface area contributed by atoms with Crippen LogP contribution >= 0.6 is 25.0 Å². The molecule has 15 heavy (non-hydrogen) atoms. The highest BCUT2D eigenvalue weighted by Gasteiger charge is 2.26. The van der Waals surface area contributed by atoms with Crippen LogP contribution in [0.1, 0.15) is 12.8 Å². The van der Waals surface area contributed by atoms with E-state index in [1.807, 2.05) is 4.90 Å². The van der Waals surface area contributed by atoms with Gasteiger partial charge in [-0.1, -0.05) is 0 Å². The zero-order chi connectivity index (χ0) is 10.6. The molecular weight excluding hydrogens is 238 g/mol. The molecule has 1 rings (SSSR count). The predicted octanol–water partition coefficient (Wildman–Crippen LogP) is 0.875. The van der Waals surface area contributed by atoms with Gasteiger partial charge in [0.05, 0.1) is 6.04 Å². The fourth-order valence-electron chi connectivity index (χ4n) is 1.63. The topological polar surface area (TPSA) is 79.4 Å². The van der Waals surface area contributed by atoms with Crippen LogP contribution in [0.2, 0.25) is 0 Å². The Hall–Kier alpha value is -0.620. The number of nitrogens with two attached hydrogens (primary N) is 1. The third-order valence-electron chi connectivity index (χ3n) is 2.29. The van der Waals surface area contributed by atoms with Crippen molar-refractivity contribution in [2.24, 2.45) is 5.73 Å². The average molecular weight is 254 g/mol. The first-order valence-corrected chi connectivity index (χ1v) is 5.15. The summed E-state index contributed by atoms with van der Waals surface area (Å²) in [4.78, 5) is 12.3. The average Bonchev–Trinajstić information content (AvgIpc) is 2.61. The second-order valence-corrected chi connectivity index (χ2v) is 3.54. The highest BCUT2D eigenvalue weighted by atomic mass is 35.5. The molecule has 88 valence electrons. The lowest BCUT2D eigenvalue weighted by Crippen LogP contribution is -2.39. The maximum atomic E-state index is 10.4. The number of nitrogens with zero attached hydrogens (tertiary/aromatic N) is 1. The number of likely N-dealkylation sites (tertiary alicyclic amines) is 1. The van der Waals surface area contributed by atoms with Crippen LogP contribution in [0, 0.1) is 5.41 Å². The summed E-state index contributed by atoms with van der Waals surface area (Å²) in [7, 11) is 0. The molecule has 1 atom stereocenters. The Bertz CT molecular complexity index is 240. The number of carbonyl (C=O) groups excluding carboxylic acids is 1. The number of halogens is 1. The summed E-state index contributed by atoms with van der Waals surface area (Å²) < 4.78 is 4.73. The van der Waals surface area contributed by atoms with Crippen molar-refractivity contribution in [2.75, 3.05) is 18.9 Å². The molecule has 1 aliphatic rings. The molecule has 0 aliphatic carbocycles. The molecule has 0 saturated carbocycles. The molecule has 1 saturated heterocycles. The van der Waals surface area contributed by atoms with Crippen molar-refractivity contribution in [1.82, 2.24) is 4.90 Å². The molecule has 5 nitrogen and oxygen atoms in total. The number of ether oxygens (including phenoxy) is 1. The van der Waals surface area contributed by atoms with E-state index >= 15 is 0 Å². The van der Waals surface area contributed by atoms with E-state index in [2.05, 4.69) is 12.6 Å². The number of nitrogens with one attached hydrogen (secondary N) is 1. The van der Waals surface area contributed by atoms with E-state index in [0.717, 1.165) is 19.4 Å². The quantitative estimate of drug-likeness (QED) is 0.397. The summed E-state index contributed by atoms with van der Waals surface area (Å²) in [6.07, 6.45) is 1.20. The number of hydrogen-bond donors (Lipinski definition) is 3. The Morgan fingerprint density at radius 3 is 2.87 bits per heavy atom. The van der Waals surface area contributed by atoms with Crippen LogP contribution in [0.15, 0.2) is 0 Å². The maximum absolute atomic E-state index is 10.4. The number of rotatable bonds is 3. The summed E-state index contributed by atoms with van der Waals surface area (Å²) in [5.41, 5.74) is 4.88. The van der Waals surface area contributed by atoms with Gasteiger partial charge in [-0.25, -0.2) is 4.79 Å². The Balaban J connectivity index is 0.00000196. The van der Waals surface area contributed by atoms with Gasteiger partial charge in [-0.3, -0.25) is 5.41 Å². The molecule has 7 heteroatoms. The van der Waals surface area contributed by atoms with Crippen LogP contribution in [0.3, 0.4) is 0 Å². The first-order valence-electron chi connectivity index (χ1n) is 4.52. The van der Waals surface area contributed by atoms with E-state index in [4.69, 9.17) is 15.9 Å². The van der Waals surface area contributed by atoms with E-state index in [-0.39, 0.29) is 25.1 Å². The zero-order valence-electron chi connectivity index (χ0n) is 8.31. The number of primary amides is 1. The van der Waals surface area contributed by atoms with Gasteiger partial charge in [-0.2, -0.15) is 12.6 Å². The minimum atomic E-state index is -0.755. The smallest absolute Gasteiger partial charge is 0.404 e. The van der Waals surface area contributed by atoms with Gasteiger partial charge >= 0.3 is 6.09 Å². The standard InChI is InChI=1S/C8H15N3O2S.ClH/c9-7(5-14)11-3-1-2-6(11)4-13-8(10)12;/h6,9,14H,1-5H2,(H2,10,12);1H/t6-;/m0./s1. The molecule has 1 heterocycles. The Morgan fingerprint density at radius 2 is 2.33 bits per heavy atom. The van der Waals surface area contributed by atoms with Crippen molar-refractivity contribution in [3.63, 3.8) is 0 Å². The Kier molecular flexibility index (Phi) is 6.51. The molecule has 0 spiro atoms. The molecule has 0 bridgehead atoms. The molecule has 3 N–H and O–H groups in total.